The number of thiazole rings is 1. The number of H-pyrrole nitrogens is 1. The van der Waals surface area contributed by atoms with Gasteiger partial charge in [-0.2, -0.15) is 5.10 Å². The van der Waals surface area contributed by atoms with Gasteiger partial charge in [-0.1, -0.05) is 11.3 Å². The van der Waals surface area contributed by atoms with Crippen molar-refractivity contribution in [3.05, 3.63) is 22.5 Å². The van der Waals surface area contributed by atoms with Crippen LogP contribution in [0.15, 0.2) is 17.2 Å². The van der Waals surface area contributed by atoms with Crippen LogP contribution in [0.3, 0.4) is 0 Å². The topological polar surface area (TPSA) is 57.4 Å². The largest absolute Gasteiger partial charge is 0.378 e. The smallest absolute Gasteiger partial charge is 0.205 e. The second kappa shape index (κ2) is 3.58. The van der Waals surface area contributed by atoms with Gasteiger partial charge in [-0.25, -0.2) is 0 Å². The van der Waals surface area contributed by atoms with Crippen molar-refractivity contribution in [2.45, 2.75) is 6.92 Å². The van der Waals surface area contributed by atoms with Gasteiger partial charge in [-0.15, -0.1) is 0 Å². The van der Waals surface area contributed by atoms with Crippen molar-refractivity contribution in [1.82, 2.24) is 4.98 Å². The Morgan fingerprint density at radius 2 is 2.13 bits per heavy atom. The Kier molecular flexibility index (Phi) is 2.40. The van der Waals surface area contributed by atoms with E-state index >= 15 is 0 Å². The molecule has 0 saturated heterocycles. The van der Waals surface area contributed by atoms with Crippen LogP contribution in [0.1, 0.15) is 5.56 Å². The summed E-state index contributed by atoms with van der Waals surface area (Å²) in [5.74, 6) is 5.26. The summed E-state index contributed by atoms with van der Waals surface area (Å²) in [4.78, 5) is 6.03. The van der Waals surface area contributed by atoms with Crippen molar-refractivity contribution in [3.63, 3.8) is 0 Å². The Hall–Kier alpha value is -1.49. The minimum Gasteiger partial charge on any atom is -0.378 e. The number of rotatable bonds is 1. The molecule has 0 bridgehead atoms. The summed E-state index contributed by atoms with van der Waals surface area (Å²) in [6, 6.07) is 4.28. The molecule has 2 rings (SSSR count). The normalized spacial score (nSPS) is 12.3. The SMILES string of the molecule is Cc1cc(N(C)C)cc2s/c(=N/N)[nH]c12. The fourth-order valence-corrected chi connectivity index (χ4v) is 2.44. The van der Waals surface area contributed by atoms with Gasteiger partial charge in [0.05, 0.1) is 10.2 Å². The quantitative estimate of drug-likeness (QED) is 0.565. The van der Waals surface area contributed by atoms with Crippen LogP contribution in [0.2, 0.25) is 0 Å². The number of benzene rings is 1. The minimum atomic E-state index is 0.754. The summed E-state index contributed by atoms with van der Waals surface area (Å²) in [6.45, 7) is 2.08. The van der Waals surface area contributed by atoms with Gasteiger partial charge in [0.25, 0.3) is 0 Å². The zero-order valence-electron chi connectivity index (χ0n) is 9.03. The van der Waals surface area contributed by atoms with Crippen molar-refractivity contribution >= 4 is 27.2 Å². The molecule has 0 unspecified atom stereocenters. The molecule has 0 radical (unpaired) electrons. The molecule has 5 heteroatoms. The molecular formula is C10H14N4S. The predicted molar refractivity (Wildman–Crippen MR) is 65.0 cm³/mol. The highest BCUT2D eigenvalue weighted by molar-refractivity contribution is 7.16. The molecule has 1 aromatic heterocycles. The molecule has 0 fully saturated rings. The van der Waals surface area contributed by atoms with Crippen LogP contribution in [0, 0.1) is 6.92 Å². The standard InChI is InChI=1S/C10H14N4S/c1-6-4-7(14(2)3)5-8-9(6)12-10(13-11)15-8/h4-5H,11H2,1-3H3,(H,12,13). The maximum absolute atomic E-state index is 5.26. The van der Waals surface area contributed by atoms with Gasteiger partial charge in [0.2, 0.25) is 4.80 Å². The third kappa shape index (κ3) is 1.70. The number of aromatic nitrogens is 1. The highest BCUT2D eigenvalue weighted by atomic mass is 32.1. The molecule has 80 valence electrons. The van der Waals surface area contributed by atoms with Crippen LogP contribution in [0.5, 0.6) is 0 Å². The maximum Gasteiger partial charge on any atom is 0.205 e. The van der Waals surface area contributed by atoms with Crippen LogP contribution in [-0.4, -0.2) is 19.1 Å². The first-order chi connectivity index (χ1) is 7.11. The maximum atomic E-state index is 5.26. The zero-order valence-corrected chi connectivity index (χ0v) is 9.85. The first-order valence-corrected chi connectivity index (χ1v) is 5.48. The molecule has 3 N–H and O–H groups in total. The second-order valence-corrected chi connectivity index (χ2v) is 4.72. The van der Waals surface area contributed by atoms with E-state index in [-0.39, 0.29) is 0 Å². The molecule has 4 nitrogen and oxygen atoms in total. The molecule has 1 aromatic carbocycles. The van der Waals surface area contributed by atoms with Crippen LogP contribution < -0.4 is 15.5 Å². The predicted octanol–water partition coefficient (Wildman–Crippen LogP) is 1.38. The molecule has 0 aliphatic heterocycles. The third-order valence-electron chi connectivity index (χ3n) is 2.36. The van der Waals surface area contributed by atoms with E-state index in [1.54, 1.807) is 11.3 Å². The first kappa shape index (κ1) is 10.0. The lowest BCUT2D eigenvalue weighted by Crippen LogP contribution is -2.08. The lowest BCUT2D eigenvalue weighted by Gasteiger charge is -2.13. The zero-order chi connectivity index (χ0) is 11.0. The molecule has 1 heterocycles. The molecular weight excluding hydrogens is 208 g/mol. The molecule has 0 aliphatic carbocycles. The number of aryl methyl sites for hydroxylation is 1. The van der Waals surface area contributed by atoms with Crippen molar-refractivity contribution < 1.29 is 0 Å². The van der Waals surface area contributed by atoms with Crippen molar-refractivity contribution in [3.8, 4) is 0 Å². The molecule has 15 heavy (non-hydrogen) atoms. The van der Waals surface area contributed by atoms with Crippen LogP contribution >= 0.6 is 11.3 Å². The fraction of sp³-hybridized carbons (Fsp3) is 0.300. The van der Waals surface area contributed by atoms with Crippen LogP contribution in [-0.2, 0) is 0 Å². The van der Waals surface area contributed by atoms with E-state index in [1.165, 1.54) is 16.0 Å². The molecule has 0 aliphatic rings. The van der Waals surface area contributed by atoms with E-state index < -0.39 is 0 Å². The number of aromatic amines is 1. The average Bonchev–Trinajstić information content (AvgIpc) is 2.61. The molecule has 0 saturated carbocycles. The number of nitrogens with one attached hydrogen (secondary N) is 1. The lowest BCUT2D eigenvalue weighted by molar-refractivity contribution is 1.11. The molecule has 0 atom stereocenters. The number of nitrogens with two attached hydrogens (primary N) is 1. The average molecular weight is 222 g/mol. The third-order valence-corrected chi connectivity index (χ3v) is 3.30. The Labute approximate surface area is 92.0 Å². The minimum absolute atomic E-state index is 0.754. The summed E-state index contributed by atoms with van der Waals surface area (Å²) in [6.07, 6.45) is 0. The highest BCUT2D eigenvalue weighted by Gasteiger charge is 2.05. The number of hydrogen-bond acceptors (Lipinski definition) is 4. The highest BCUT2D eigenvalue weighted by Crippen LogP contribution is 2.24. The summed E-state index contributed by atoms with van der Waals surface area (Å²) in [5.41, 5.74) is 3.52. The summed E-state index contributed by atoms with van der Waals surface area (Å²) >= 11 is 1.57. The van der Waals surface area contributed by atoms with Crippen LogP contribution in [0.4, 0.5) is 5.69 Å². The lowest BCUT2D eigenvalue weighted by atomic mass is 10.2. The summed E-state index contributed by atoms with van der Waals surface area (Å²) in [5, 5.41) is 3.67. The Bertz CT molecular complexity index is 550. The van der Waals surface area contributed by atoms with Crippen molar-refractivity contribution in [1.29, 1.82) is 0 Å². The van der Waals surface area contributed by atoms with Gasteiger partial charge in [-0.3, -0.25) is 0 Å². The van der Waals surface area contributed by atoms with Gasteiger partial charge in [-0.05, 0) is 24.6 Å². The number of hydrogen-bond donors (Lipinski definition) is 2. The Morgan fingerprint density at radius 1 is 1.40 bits per heavy atom. The van der Waals surface area contributed by atoms with E-state index in [4.69, 9.17) is 5.84 Å². The van der Waals surface area contributed by atoms with Crippen molar-refractivity contribution in [2.75, 3.05) is 19.0 Å². The Morgan fingerprint density at radius 3 is 2.73 bits per heavy atom. The van der Waals surface area contributed by atoms with E-state index in [1.807, 2.05) is 14.1 Å². The number of nitrogens with zero attached hydrogens (tertiary/aromatic N) is 2. The number of anilines is 1. The molecule has 2 aromatic rings. The Balaban J connectivity index is 2.76. The van der Waals surface area contributed by atoms with Gasteiger partial charge >= 0.3 is 0 Å². The molecule has 0 amide bonds. The van der Waals surface area contributed by atoms with Crippen molar-refractivity contribution in [2.24, 2.45) is 10.9 Å². The second-order valence-electron chi connectivity index (χ2n) is 3.69. The van der Waals surface area contributed by atoms with Crippen LogP contribution in [0.25, 0.3) is 10.2 Å². The first-order valence-electron chi connectivity index (χ1n) is 4.66. The monoisotopic (exact) mass is 222 g/mol. The van der Waals surface area contributed by atoms with E-state index in [9.17, 15) is 0 Å². The fourth-order valence-electron chi connectivity index (χ4n) is 1.53. The van der Waals surface area contributed by atoms with E-state index in [2.05, 4.69) is 34.0 Å². The van der Waals surface area contributed by atoms with E-state index in [0.29, 0.717) is 0 Å². The van der Waals surface area contributed by atoms with Gasteiger partial charge in [0, 0.05) is 19.8 Å². The summed E-state index contributed by atoms with van der Waals surface area (Å²) < 4.78 is 1.18. The van der Waals surface area contributed by atoms with Gasteiger partial charge < -0.3 is 15.7 Å². The van der Waals surface area contributed by atoms with Gasteiger partial charge in [0.15, 0.2) is 0 Å². The van der Waals surface area contributed by atoms with E-state index in [0.717, 1.165) is 10.3 Å². The number of fused-ring (bicyclic) bond motifs is 1. The summed E-state index contributed by atoms with van der Waals surface area (Å²) in [7, 11) is 4.07. The van der Waals surface area contributed by atoms with Gasteiger partial charge in [0.1, 0.15) is 0 Å². The molecule has 0 spiro atoms.